The summed E-state index contributed by atoms with van der Waals surface area (Å²) in [6.45, 7) is 8.87. The molecule has 2 aliphatic heterocycles. The van der Waals surface area contributed by atoms with Gasteiger partial charge in [-0.1, -0.05) is 38.1 Å². The first-order chi connectivity index (χ1) is 24.4. The van der Waals surface area contributed by atoms with Crippen molar-refractivity contribution < 1.29 is 19.3 Å². The third-order valence-electron chi connectivity index (χ3n) is 11.8. The third-order valence-corrected chi connectivity index (χ3v) is 13.5. The lowest BCUT2D eigenvalue weighted by atomic mass is 9.72. The SMILES string of the molecule is CCN1CC(CSC)C[C@H]2c3cccc4c3c(cn4OC(=O)/C=C\C(=O)On3cc4c5c(cccc53)[C@@H]3CC(CSC)CN(CC)[C@H]3C4)C[C@@H]21. The zero-order valence-electron chi connectivity index (χ0n) is 29.5. The molecule has 10 heteroatoms. The molecule has 2 aromatic carbocycles. The van der Waals surface area contributed by atoms with Crippen LogP contribution in [0.1, 0.15) is 60.8 Å². The van der Waals surface area contributed by atoms with Crippen molar-refractivity contribution in [2.24, 2.45) is 11.8 Å². The van der Waals surface area contributed by atoms with E-state index in [0.717, 1.165) is 50.1 Å². The van der Waals surface area contributed by atoms with Crippen LogP contribution >= 0.6 is 23.5 Å². The molecule has 264 valence electrons. The number of hydrogen-bond acceptors (Lipinski definition) is 8. The molecule has 50 heavy (non-hydrogen) atoms. The summed E-state index contributed by atoms with van der Waals surface area (Å²) in [4.78, 5) is 43.2. The van der Waals surface area contributed by atoms with Crippen molar-refractivity contribution in [1.82, 2.24) is 19.3 Å². The van der Waals surface area contributed by atoms with Crippen molar-refractivity contribution in [3.05, 3.63) is 83.2 Å². The van der Waals surface area contributed by atoms with Crippen LogP contribution in [0.5, 0.6) is 0 Å². The van der Waals surface area contributed by atoms with Gasteiger partial charge in [0, 0.05) is 72.3 Å². The Morgan fingerprint density at radius 1 is 0.720 bits per heavy atom. The third kappa shape index (κ3) is 5.99. The monoisotopic (exact) mass is 712 g/mol. The Labute approximate surface area is 303 Å². The number of likely N-dealkylation sites (tertiary alicyclic amines) is 2. The molecule has 0 spiro atoms. The predicted octanol–water partition coefficient (Wildman–Crippen LogP) is 6.19. The minimum atomic E-state index is -0.621. The van der Waals surface area contributed by atoms with E-state index in [2.05, 4.69) is 60.4 Å². The summed E-state index contributed by atoms with van der Waals surface area (Å²) in [5.74, 6) is 3.39. The first kappa shape index (κ1) is 33.9. The average molecular weight is 713 g/mol. The predicted molar refractivity (Wildman–Crippen MR) is 204 cm³/mol. The number of carbonyl (C=O) groups excluding carboxylic acids is 2. The summed E-state index contributed by atoms with van der Waals surface area (Å²) < 4.78 is 3.18. The lowest BCUT2D eigenvalue weighted by Gasteiger charge is -2.46. The second-order valence-electron chi connectivity index (χ2n) is 14.6. The van der Waals surface area contributed by atoms with E-state index < -0.39 is 11.9 Å². The van der Waals surface area contributed by atoms with Gasteiger partial charge in [-0.2, -0.15) is 33.0 Å². The number of hydrogen-bond donors (Lipinski definition) is 0. The highest BCUT2D eigenvalue weighted by atomic mass is 32.2. The fourth-order valence-electron chi connectivity index (χ4n) is 9.93. The van der Waals surface area contributed by atoms with Crippen LogP contribution in [-0.4, -0.2) is 93.5 Å². The molecule has 0 radical (unpaired) electrons. The molecule has 6 atom stereocenters. The lowest BCUT2D eigenvalue weighted by molar-refractivity contribution is -0.140. The van der Waals surface area contributed by atoms with Gasteiger partial charge in [0.25, 0.3) is 0 Å². The van der Waals surface area contributed by atoms with Gasteiger partial charge in [0.15, 0.2) is 0 Å². The molecule has 0 amide bonds. The van der Waals surface area contributed by atoms with Crippen LogP contribution in [-0.2, 0) is 22.4 Å². The van der Waals surface area contributed by atoms with Crippen molar-refractivity contribution in [2.45, 2.75) is 63.5 Å². The summed E-state index contributed by atoms with van der Waals surface area (Å²) in [7, 11) is 0. The van der Waals surface area contributed by atoms with E-state index in [-0.39, 0.29) is 0 Å². The van der Waals surface area contributed by atoms with E-state index in [4.69, 9.17) is 9.68 Å². The van der Waals surface area contributed by atoms with E-state index in [1.807, 2.05) is 48.1 Å². The fourth-order valence-corrected chi connectivity index (χ4v) is 11.4. The Balaban J connectivity index is 0.985. The molecule has 0 saturated carbocycles. The molecule has 2 aliphatic carbocycles. The van der Waals surface area contributed by atoms with Gasteiger partial charge in [0.1, 0.15) is 0 Å². The molecule has 2 fully saturated rings. The number of nitrogens with zero attached hydrogens (tertiary/aromatic N) is 4. The zero-order valence-corrected chi connectivity index (χ0v) is 31.2. The summed E-state index contributed by atoms with van der Waals surface area (Å²) in [6.07, 6.45) is 14.9. The molecular weight excluding hydrogens is 665 g/mol. The maximum atomic E-state index is 13.1. The molecular formula is C40H48N4O4S2. The van der Waals surface area contributed by atoms with Crippen LogP contribution in [0, 0.1) is 11.8 Å². The number of fused-ring (bicyclic) bond motifs is 4. The van der Waals surface area contributed by atoms with Crippen LogP contribution in [0.25, 0.3) is 21.8 Å². The largest absolute Gasteiger partial charge is 0.356 e. The highest BCUT2D eigenvalue weighted by Crippen LogP contribution is 2.47. The maximum Gasteiger partial charge on any atom is 0.356 e. The smallest absolute Gasteiger partial charge is 0.332 e. The van der Waals surface area contributed by atoms with Crippen LogP contribution in [0.4, 0.5) is 0 Å². The van der Waals surface area contributed by atoms with Crippen LogP contribution in [0.15, 0.2) is 60.9 Å². The fraction of sp³-hybridized carbons (Fsp3) is 0.500. The number of piperidine rings is 2. The van der Waals surface area contributed by atoms with E-state index >= 15 is 0 Å². The van der Waals surface area contributed by atoms with E-state index in [1.165, 1.54) is 69.5 Å². The zero-order chi connectivity index (χ0) is 34.5. The average Bonchev–Trinajstić information content (AvgIpc) is 3.66. The van der Waals surface area contributed by atoms with Crippen LogP contribution in [0.2, 0.25) is 0 Å². The lowest BCUT2D eigenvalue weighted by Crippen LogP contribution is -2.50. The van der Waals surface area contributed by atoms with Gasteiger partial charge in [-0.15, -0.1) is 0 Å². The first-order valence-corrected chi connectivity index (χ1v) is 21.0. The van der Waals surface area contributed by atoms with Gasteiger partial charge in [-0.25, -0.2) is 9.59 Å². The van der Waals surface area contributed by atoms with Gasteiger partial charge < -0.3 is 9.68 Å². The molecule has 8 nitrogen and oxygen atoms in total. The van der Waals surface area contributed by atoms with Crippen LogP contribution < -0.4 is 9.68 Å². The number of aromatic nitrogens is 2. The highest BCUT2D eigenvalue weighted by molar-refractivity contribution is 7.98. The number of thioether (sulfide) groups is 2. The van der Waals surface area contributed by atoms with E-state index in [0.29, 0.717) is 35.8 Å². The molecule has 2 saturated heterocycles. The van der Waals surface area contributed by atoms with Gasteiger partial charge in [-0.05, 0) is 109 Å². The Bertz CT molecular complexity index is 1810. The number of rotatable bonds is 10. The van der Waals surface area contributed by atoms with Crippen molar-refractivity contribution in [3.63, 3.8) is 0 Å². The van der Waals surface area contributed by atoms with Gasteiger partial charge in [0.05, 0.1) is 11.0 Å². The molecule has 4 heterocycles. The summed E-state index contributed by atoms with van der Waals surface area (Å²) >= 11 is 3.87. The molecule has 2 unspecified atom stereocenters. The molecule has 0 bridgehead atoms. The molecule has 4 aromatic rings. The first-order valence-electron chi connectivity index (χ1n) is 18.2. The second-order valence-corrected chi connectivity index (χ2v) is 16.5. The van der Waals surface area contributed by atoms with Gasteiger partial charge in [0.2, 0.25) is 0 Å². The number of benzene rings is 2. The van der Waals surface area contributed by atoms with Crippen molar-refractivity contribution in [2.75, 3.05) is 50.2 Å². The second kappa shape index (κ2) is 14.1. The normalized spacial score (nSPS) is 26.3. The summed E-state index contributed by atoms with van der Waals surface area (Å²) in [5, 5.41) is 2.42. The standard InChI is InChI=1S/C40H48N4O4S2/c1-5-41-19-25(23-49-3)15-31-29-9-7-11-33-39(29)27(17-35(31)41)21-43(33)47-37(45)13-14-38(46)48-44-22-28-18-36-32(30-10-8-12-34(44)40(28)30)16-26(24-50-4)20-42(36)6-2/h7-14,21-22,25-26,31-32,35-36H,5-6,15-20,23-24H2,1-4H3/b14-13-/t25?,26?,31-,32-,35-,36-/m0/s1. The van der Waals surface area contributed by atoms with Crippen molar-refractivity contribution >= 4 is 57.3 Å². The quantitative estimate of drug-likeness (QED) is 0.181. The van der Waals surface area contributed by atoms with Crippen molar-refractivity contribution in [3.8, 4) is 0 Å². The summed E-state index contributed by atoms with van der Waals surface area (Å²) in [5.41, 5.74) is 6.93. The van der Waals surface area contributed by atoms with Gasteiger partial charge >= 0.3 is 11.9 Å². The number of likely N-dealkylation sites (N-methyl/N-ethyl adjacent to an activating group) is 2. The highest BCUT2D eigenvalue weighted by Gasteiger charge is 2.42. The molecule has 0 N–H and O–H groups in total. The van der Waals surface area contributed by atoms with Crippen molar-refractivity contribution in [1.29, 1.82) is 0 Å². The Morgan fingerprint density at radius 3 is 1.56 bits per heavy atom. The van der Waals surface area contributed by atoms with Gasteiger partial charge in [-0.3, -0.25) is 9.80 Å². The molecule has 2 aromatic heterocycles. The van der Waals surface area contributed by atoms with Crippen LogP contribution in [0.3, 0.4) is 0 Å². The Hall–Kier alpha value is -3.18. The molecule has 8 rings (SSSR count). The van der Waals surface area contributed by atoms with E-state index in [1.54, 1.807) is 9.46 Å². The maximum absolute atomic E-state index is 13.1. The topological polar surface area (TPSA) is 68.9 Å². The Morgan fingerprint density at radius 2 is 1.16 bits per heavy atom. The summed E-state index contributed by atoms with van der Waals surface area (Å²) in [6, 6.07) is 13.6. The Kier molecular flexibility index (Phi) is 9.56. The minimum absolute atomic E-state index is 0.454. The number of carbonyl (C=O) groups is 2. The minimum Gasteiger partial charge on any atom is -0.332 e. The molecule has 4 aliphatic rings. The van der Waals surface area contributed by atoms with E-state index in [9.17, 15) is 9.59 Å².